The number of pyridine rings is 2. The largest absolute Gasteiger partial charge is 0.493 e. The molecule has 0 atom stereocenters. The predicted molar refractivity (Wildman–Crippen MR) is 200 cm³/mol. The van der Waals surface area contributed by atoms with Crippen molar-refractivity contribution in [2.45, 2.75) is 39.8 Å². The lowest BCUT2D eigenvalue weighted by molar-refractivity contribution is -0.117. The fourth-order valence-electron chi connectivity index (χ4n) is 5.98. The van der Waals surface area contributed by atoms with Crippen LogP contribution in [0.1, 0.15) is 31.5 Å². The quantitative estimate of drug-likeness (QED) is 0.155. The van der Waals surface area contributed by atoms with Crippen LogP contribution in [0.4, 0.5) is 16.3 Å². The molecule has 268 valence electrons. The van der Waals surface area contributed by atoms with Crippen molar-refractivity contribution in [2.24, 2.45) is 5.73 Å². The summed E-state index contributed by atoms with van der Waals surface area (Å²) in [6.45, 7) is 11.3. The number of nitrogens with two attached hydrogens (primary N) is 1. The van der Waals surface area contributed by atoms with Crippen molar-refractivity contribution < 1.29 is 19.1 Å². The van der Waals surface area contributed by atoms with Gasteiger partial charge in [-0.2, -0.15) is 0 Å². The summed E-state index contributed by atoms with van der Waals surface area (Å²) in [5.74, 6) is 1.23. The molecule has 51 heavy (non-hydrogen) atoms. The molecule has 1 saturated heterocycles. The maximum atomic E-state index is 13.0. The molecule has 5 aromatic rings. The van der Waals surface area contributed by atoms with Crippen LogP contribution in [-0.4, -0.2) is 100 Å². The number of amides is 2. The number of piperazine rings is 1. The minimum absolute atomic E-state index is 0.0971. The van der Waals surface area contributed by atoms with Gasteiger partial charge in [-0.3, -0.25) is 19.6 Å². The van der Waals surface area contributed by atoms with Crippen LogP contribution in [0.5, 0.6) is 5.75 Å². The zero-order chi connectivity index (χ0) is 35.9. The Balaban J connectivity index is 0.952. The molecule has 0 bridgehead atoms. The van der Waals surface area contributed by atoms with Gasteiger partial charge in [-0.1, -0.05) is 12.1 Å². The normalized spacial score (nSPS) is 13.8. The third kappa shape index (κ3) is 9.08. The fourth-order valence-corrected chi connectivity index (χ4v) is 6.79. The van der Waals surface area contributed by atoms with Crippen molar-refractivity contribution in [3.63, 3.8) is 0 Å². The average molecular weight is 712 g/mol. The van der Waals surface area contributed by atoms with Gasteiger partial charge in [-0.25, -0.2) is 14.8 Å². The Morgan fingerprint density at radius 2 is 1.80 bits per heavy atom. The number of rotatable bonds is 13. The Labute approximate surface area is 302 Å². The minimum Gasteiger partial charge on any atom is -0.493 e. The molecule has 14 heteroatoms. The van der Waals surface area contributed by atoms with Gasteiger partial charge in [0.1, 0.15) is 11.4 Å². The lowest BCUT2D eigenvalue weighted by Crippen LogP contribution is -2.48. The second kappa shape index (κ2) is 16.4. The number of benzene rings is 1. The molecular weight excluding hydrogens is 667 g/mol. The molecule has 0 aliphatic carbocycles. The molecule has 0 radical (unpaired) electrons. The number of aromatic nitrogens is 4. The molecule has 5 heterocycles. The molecule has 2 amide bonds. The Kier molecular flexibility index (Phi) is 11.6. The molecule has 1 aliphatic rings. The van der Waals surface area contributed by atoms with Gasteiger partial charge in [0.25, 0.3) is 0 Å². The first-order valence-corrected chi connectivity index (χ1v) is 18.0. The number of nitrogens with zero attached hydrogens (tertiary/aromatic N) is 7. The zero-order valence-electron chi connectivity index (χ0n) is 29.5. The first-order valence-electron chi connectivity index (χ1n) is 17.2. The van der Waals surface area contributed by atoms with Gasteiger partial charge in [0.2, 0.25) is 5.91 Å². The number of hydrogen-bond acceptors (Lipinski definition) is 11. The number of carbonyl (C=O) groups is 2. The number of fused-ring (bicyclic) bond motifs is 1. The van der Waals surface area contributed by atoms with Crippen molar-refractivity contribution >= 4 is 40.5 Å². The van der Waals surface area contributed by atoms with Crippen LogP contribution >= 0.6 is 11.3 Å². The van der Waals surface area contributed by atoms with Crippen LogP contribution in [0, 0.1) is 6.92 Å². The number of carbonyl (C=O) groups excluding carboxylic acids is 2. The van der Waals surface area contributed by atoms with E-state index in [0.29, 0.717) is 36.8 Å². The summed E-state index contributed by atoms with van der Waals surface area (Å²) in [7, 11) is 1.65. The number of thiazole rings is 1. The van der Waals surface area contributed by atoms with Crippen molar-refractivity contribution in [2.75, 3.05) is 63.1 Å². The molecule has 3 N–H and O–H groups in total. The second-order valence-corrected chi connectivity index (χ2v) is 13.7. The summed E-state index contributed by atoms with van der Waals surface area (Å²) >= 11 is 1.63. The van der Waals surface area contributed by atoms with E-state index in [1.807, 2.05) is 61.1 Å². The fraction of sp³-hybridized carbons (Fsp3) is 0.378. The second-order valence-electron chi connectivity index (χ2n) is 12.9. The molecule has 0 saturated carbocycles. The standard InChI is InChI=1S/C37H45N9O4S/c1-25(2)50-37(48)43(4)31-16-30(19-39-20-31)29-8-9-34-41-33(22-46(34)21-29)42-35(47)23-45-13-11-44(12-14-45)10-5-15-49-32-17-27(6-7-28(32)18-38)36-26(3)40-24-51-36/h6-9,16-17,19-22,24-25H,5,10-15,18,23,38H2,1-4H3,(H,42,47). The van der Waals surface area contributed by atoms with E-state index in [1.54, 1.807) is 37.0 Å². The van der Waals surface area contributed by atoms with Crippen LogP contribution in [0.15, 0.2) is 66.7 Å². The highest BCUT2D eigenvalue weighted by atomic mass is 32.1. The third-order valence-electron chi connectivity index (χ3n) is 8.78. The maximum Gasteiger partial charge on any atom is 0.414 e. The molecule has 4 aromatic heterocycles. The van der Waals surface area contributed by atoms with E-state index < -0.39 is 6.09 Å². The third-order valence-corrected chi connectivity index (χ3v) is 9.75. The smallest absolute Gasteiger partial charge is 0.414 e. The van der Waals surface area contributed by atoms with Gasteiger partial charge >= 0.3 is 6.09 Å². The first-order chi connectivity index (χ1) is 24.7. The molecule has 0 unspecified atom stereocenters. The molecule has 1 aliphatic heterocycles. The predicted octanol–water partition coefficient (Wildman–Crippen LogP) is 5.29. The van der Waals surface area contributed by atoms with Gasteiger partial charge in [0.15, 0.2) is 5.82 Å². The summed E-state index contributed by atoms with van der Waals surface area (Å²) in [6.07, 6.45) is 7.32. The topological polar surface area (TPSA) is 143 Å². The van der Waals surface area contributed by atoms with Gasteiger partial charge < -0.3 is 29.8 Å². The van der Waals surface area contributed by atoms with E-state index in [9.17, 15) is 9.59 Å². The number of imidazole rings is 1. The van der Waals surface area contributed by atoms with Crippen molar-refractivity contribution in [1.82, 2.24) is 29.2 Å². The van der Waals surface area contributed by atoms with Crippen molar-refractivity contribution in [3.05, 3.63) is 78.0 Å². The number of ether oxygens (including phenoxy) is 2. The van der Waals surface area contributed by atoms with Gasteiger partial charge in [0, 0.05) is 75.4 Å². The van der Waals surface area contributed by atoms with Crippen LogP contribution in [0.2, 0.25) is 0 Å². The van der Waals surface area contributed by atoms with Crippen molar-refractivity contribution in [1.29, 1.82) is 0 Å². The molecule has 0 spiro atoms. The van der Waals surface area contributed by atoms with E-state index in [1.165, 1.54) is 4.90 Å². The molecular formula is C37H45N9O4S. The summed E-state index contributed by atoms with van der Waals surface area (Å²) in [4.78, 5) is 45.8. The van der Waals surface area contributed by atoms with Crippen LogP contribution in [-0.2, 0) is 16.1 Å². The van der Waals surface area contributed by atoms with Crippen LogP contribution in [0.3, 0.4) is 0 Å². The number of aryl methyl sites for hydroxylation is 1. The highest BCUT2D eigenvalue weighted by Crippen LogP contribution is 2.32. The SMILES string of the molecule is Cc1ncsc1-c1ccc(CN)c(OCCCN2CCN(CC(=O)Nc3cn4cc(-c5cncc(N(C)C(=O)OC(C)C)c5)ccc4n3)CC2)c1. The van der Waals surface area contributed by atoms with Crippen molar-refractivity contribution in [3.8, 4) is 27.3 Å². The number of nitrogens with one attached hydrogen (secondary N) is 1. The summed E-state index contributed by atoms with van der Waals surface area (Å²) in [5.41, 5.74) is 14.0. The van der Waals surface area contributed by atoms with Gasteiger partial charge in [-0.15, -0.1) is 11.3 Å². The van der Waals surface area contributed by atoms with Gasteiger partial charge in [-0.05, 0) is 57.0 Å². The maximum absolute atomic E-state index is 13.0. The number of anilines is 2. The lowest BCUT2D eigenvalue weighted by Gasteiger charge is -2.34. The van der Waals surface area contributed by atoms with Crippen LogP contribution < -0.4 is 20.7 Å². The summed E-state index contributed by atoms with van der Waals surface area (Å²) in [5, 5.41) is 2.96. The van der Waals surface area contributed by atoms with Crippen LogP contribution in [0.25, 0.3) is 27.2 Å². The number of hydrogen-bond donors (Lipinski definition) is 2. The Bertz CT molecular complexity index is 1970. The Hall–Kier alpha value is -4.89. The summed E-state index contributed by atoms with van der Waals surface area (Å²) < 4.78 is 13.4. The highest BCUT2D eigenvalue weighted by molar-refractivity contribution is 7.13. The monoisotopic (exact) mass is 711 g/mol. The Morgan fingerprint density at radius 1 is 1.02 bits per heavy atom. The highest BCUT2D eigenvalue weighted by Gasteiger charge is 2.20. The molecule has 1 aromatic carbocycles. The van der Waals surface area contributed by atoms with E-state index in [0.717, 1.165) is 77.7 Å². The minimum atomic E-state index is -0.444. The summed E-state index contributed by atoms with van der Waals surface area (Å²) in [6, 6.07) is 11.9. The van der Waals surface area contributed by atoms with E-state index in [2.05, 4.69) is 42.2 Å². The molecule has 1 fully saturated rings. The van der Waals surface area contributed by atoms with E-state index >= 15 is 0 Å². The first kappa shape index (κ1) is 35.9. The van der Waals surface area contributed by atoms with E-state index in [-0.39, 0.29) is 12.0 Å². The lowest BCUT2D eigenvalue weighted by atomic mass is 10.1. The average Bonchev–Trinajstić information content (AvgIpc) is 3.74. The van der Waals surface area contributed by atoms with E-state index in [4.69, 9.17) is 15.2 Å². The molecule has 13 nitrogen and oxygen atoms in total. The zero-order valence-corrected chi connectivity index (χ0v) is 30.4. The molecule has 6 rings (SSSR count). The van der Waals surface area contributed by atoms with Gasteiger partial charge in [0.05, 0.1) is 53.4 Å². The Morgan fingerprint density at radius 3 is 2.55 bits per heavy atom.